The standard InChI is InChI=1S/C21H21N5O3S2/c1-12-13(2)31-18-17(12)19(28)26(10-14-7-5-6-8-22-14)20(23-18)30-11-15-9-16(27)25(4)21(29)24(15)3/h5-9H,10-11H2,1-4H3. The third-order valence-corrected chi connectivity index (χ3v) is 7.39. The van der Waals surface area contributed by atoms with Crippen LogP contribution in [0.5, 0.6) is 0 Å². The zero-order valence-corrected chi connectivity index (χ0v) is 19.2. The van der Waals surface area contributed by atoms with E-state index >= 15 is 0 Å². The molecule has 8 nitrogen and oxygen atoms in total. The van der Waals surface area contributed by atoms with E-state index in [4.69, 9.17) is 4.98 Å². The van der Waals surface area contributed by atoms with Crippen LogP contribution in [-0.2, 0) is 26.4 Å². The second-order valence-electron chi connectivity index (χ2n) is 7.23. The fourth-order valence-corrected chi connectivity index (χ4v) is 5.36. The molecule has 0 aliphatic rings. The number of thioether (sulfide) groups is 1. The Balaban J connectivity index is 1.81. The van der Waals surface area contributed by atoms with E-state index < -0.39 is 0 Å². The lowest BCUT2D eigenvalue weighted by molar-refractivity contribution is 0.644. The molecule has 0 saturated heterocycles. The summed E-state index contributed by atoms with van der Waals surface area (Å²) in [5.41, 5.74) is 1.39. The molecule has 0 spiro atoms. The molecule has 0 aromatic carbocycles. The van der Waals surface area contributed by atoms with Gasteiger partial charge in [-0.15, -0.1) is 11.3 Å². The van der Waals surface area contributed by atoms with Crippen molar-refractivity contribution < 1.29 is 0 Å². The number of hydrogen-bond donors (Lipinski definition) is 0. The molecule has 0 aliphatic heterocycles. The lowest BCUT2D eigenvalue weighted by Crippen LogP contribution is -2.37. The monoisotopic (exact) mass is 455 g/mol. The fourth-order valence-electron chi connectivity index (χ4n) is 3.27. The highest BCUT2D eigenvalue weighted by atomic mass is 32.2. The molecule has 0 bridgehead atoms. The van der Waals surface area contributed by atoms with E-state index in [0.717, 1.165) is 20.7 Å². The Morgan fingerprint density at radius 2 is 1.87 bits per heavy atom. The molecule has 0 atom stereocenters. The molecule has 0 saturated carbocycles. The largest absolute Gasteiger partial charge is 0.330 e. The number of pyridine rings is 1. The van der Waals surface area contributed by atoms with E-state index in [1.54, 1.807) is 17.8 Å². The smallest absolute Gasteiger partial charge is 0.300 e. The summed E-state index contributed by atoms with van der Waals surface area (Å²) >= 11 is 2.82. The van der Waals surface area contributed by atoms with Gasteiger partial charge in [0.05, 0.1) is 17.6 Å². The molecule has 4 heterocycles. The van der Waals surface area contributed by atoms with Gasteiger partial charge in [0.1, 0.15) is 4.83 Å². The highest BCUT2D eigenvalue weighted by Gasteiger charge is 2.18. The maximum atomic E-state index is 13.4. The topological polar surface area (TPSA) is 91.8 Å². The molecule has 160 valence electrons. The molecule has 10 heteroatoms. The third kappa shape index (κ3) is 3.88. The van der Waals surface area contributed by atoms with Crippen LogP contribution in [0.3, 0.4) is 0 Å². The van der Waals surface area contributed by atoms with E-state index in [2.05, 4.69) is 4.98 Å². The first kappa shape index (κ1) is 21.3. The number of nitrogens with zero attached hydrogens (tertiary/aromatic N) is 5. The van der Waals surface area contributed by atoms with Gasteiger partial charge in [-0.3, -0.25) is 28.3 Å². The van der Waals surface area contributed by atoms with Crippen LogP contribution in [0, 0.1) is 13.8 Å². The van der Waals surface area contributed by atoms with Crippen LogP contribution in [0.15, 0.2) is 50.0 Å². The lowest BCUT2D eigenvalue weighted by Gasteiger charge is -2.13. The zero-order valence-electron chi connectivity index (χ0n) is 17.6. The van der Waals surface area contributed by atoms with Crippen molar-refractivity contribution in [3.63, 3.8) is 0 Å². The summed E-state index contributed by atoms with van der Waals surface area (Å²) in [4.78, 5) is 48.6. The molecule has 0 amide bonds. The van der Waals surface area contributed by atoms with E-state index in [9.17, 15) is 14.4 Å². The number of hydrogen-bond acceptors (Lipinski definition) is 7. The Labute approximate surface area is 185 Å². The summed E-state index contributed by atoms with van der Waals surface area (Å²) in [6.07, 6.45) is 1.69. The van der Waals surface area contributed by atoms with Crippen LogP contribution in [-0.4, -0.2) is 23.7 Å². The minimum Gasteiger partial charge on any atom is -0.300 e. The molecule has 0 aliphatic carbocycles. The minimum atomic E-state index is -0.387. The van der Waals surface area contributed by atoms with E-state index in [-0.39, 0.29) is 23.4 Å². The predicted octanol–water partition coefficient (Wildman–Crippen LogP) is 2.21. The van der Waals surface area contributed by atoms with Crippen molar-refractivity contribution in [2.45, 2.75) is 31.3 Å². The SMILES string of the molecule is Cc1sc2nc(SCc3cc(=O)n(C)c(=O)n3C)n(Cc3ccccn3)c(=O)c2c1C. The first-order valence-corrected chi connectivity index (χ1v) is 11.4. The van der Waals surface area contributed by atoms with Crippen LogP contribution in [0.1, 0.15) is 21.8 Å². The number of rotatable bonds is 5. The summed E-state index contributed by atoms with van der Waals surface area (Å²) in [5.74, 6) is 0.325. The molecule has 4 aromatic heterocycles. The molecule has 0 N–H and O–H groups in total. The highest BCUT2D eigenvalue weighted by Crippen LogP contribution is 2.29. The third-order valence-electron chi connectivity index (χ3n) is 5.27. The summed E-state index contributed by atoms with van der Waals surface area (Å²) in [5, 5.41) is 1.15. The van der Waals surface area contributed by atoms with Crippen molar-refractivity contribution in [3.05, 3.63) is 83.5 Å². The van der Waals surface area contributed by atoms with Crippen molar-refractivity contribution in [2.24, 2.45) is 14.1 Å². The van der Waals surface area contributed by atoms with Gasteiger partial charge in [0, 0.05) is 42.7 Å². The Kier molecular flexibility index (Phi) is 5.67. The van der Waals surface area contributed by atoms with Crippen LogP contribution in [0.25, 0.3) is 10.2 Å². The quantitative estimate of drug-likeness (QED) is 0.338. The van der Waals surface area contributed by atoms with E-state index in [1.165, 1.54) is 40.8 Å². The molecule has 0 radical (unpaired) electrons. The van der Waals surface area contributed by atoms with Gasteiger partial charge in [-0.1, -0.05) is 17.8 Å². The van der Waals surface area contributed by atoms with Crippen molar-refractivity contribution in [3.8, 4) is 0 Å². The van der Waals surface area contributed by atoms with Crippen molar-refractivity contribution in [2.75, 3.05) is 0 Å². The normalized spacial score (nSPS) is 11.4. The molecular weight excluding hydrogens is 434 g/mol. The lowest BCUT2D eigenvalue weighted by atomic mass is 10.2. The van der Waals surface area contributed by atoms with E-state index in [1.807, 2.05) is 32.0 Å². The number of fused-ring (bicyclic) bond motifs is 1. The predicted molar refractivity (Wildman–Crippen MR) is 123 cm³/mol. The van der Waals surface area contributed by atoms with Gasteiger partial charge in [0.15, 0.2) is 5.16 Å². The second kappa shape index (κ2) is 8.27. The summed E-state index contributed by atoms with van der Waals surface area (Å²) < 4.78 is 4.12. The van der Waals surface area contributed by atoms with E-state index in [0.29, 0.717) is 26.8 Å². The Hall–Kier alpha value is -2.98. The number of aromatic nitrogens is 5. The van der Waals surface area contributed by atoms with Crippen molar-refractivity contribution in [1.82, 2.24) is 23.7 Å². The number of aryl methyl sites for hydroxylation is 2. The zero-order chi connectivity index (χ0) is 22.3. The Morgan fingerprint density at radius 1 is 1.10 bits per heavy atom. The fraction of sp³-hybridized carbons (Fsp3) is 0.286. The first-order chi connectivity index (χ1) is 14.8. The Morgan fingerprint density at radius 3 is 2.58 bits per heavy atom. The first-order valence-electron chi connectivity index (χ1n) is 9.57. The maximum Gasteiger partial charge on any atom is 0.330 e. The summed E-state index contributed by atoms with van der Waals surface area (Å²) in [7, 11) is 3.07. The average Bonchev–Trinajstić information content (AvgIpc) is 3.04. The summed E-state index contributed by atoms with van der Waals surface area (Å²) in [6, 6.07) is 7.00. The average molecular weight is 456 g/mol. The molecule has 4 rings (SSSR count). The van der Waals surface area contributed by atoms with Gasteiger partial charge in [0.25, 0.3) is 11.1 Å². The van der Waals surface area contributed by atoms with Crippen LogP contribution in [0.2, 0.25) is 0 Å². The molecular formula is C21H21N5O3S2. The highest BCUT2D eigenvalue weighted by molar-refractivity contribution is 7.98. The molecule has 31 heavy (non-hydrogen) atoms. The van der Waals surface area contributed by atoms with Gasteiger partial charge < -0.3 is 0 Å². The second-order valence-corrected chi connectivity index (χ2v) is 9.38. The van der Waals surface area contributed by atoms with Gasteiger partial charge in [-0.2, -0.15) is 0 Å². The number of thiophene rings is 1. The van der Waals surface area contributed by atoms with Crippen LogP contribution < -0.4 is 16.8 Å². The summed E-state index contributed by atoms with van der Waals surface area (Å²) in [6.45, 7) is 4.20. The van der Waals surface area contributed by atoms with Gasteiger partial charge in [-0.05, 0) is 31.5 Å². The van der Waals surface area contributed by atoms with Gasteiger partial charge >= 0.3 is 5.69 Å². The molecule has 0 unspecified atom stereocenters. The van der Waals surface area contributed by atoms with Gasteiger partial charge in [0.2, 0.25) is 0 Å². The van der Waals surface area contributed by atoms with Gasteiger partial charge in [-0.25, -0.2) is 9.78 Å². The molecule has 0 fully saturated rings. The van der Waals surface area contributed by atoms with Crippen molar-refractivity contribution in [1.29, 1.82) is 0 Å². The van der Waals surface area contributed by atoms with Crippen LogP contribution >= 0.6 is 23.1 Å². The Bertz CT molecular complexity index is 1470. The van der Waals surface area contributed by atoms with Crippen molar-refractivity contribution >= 4 is 33.3 Å². The molecule has 4 aromatic rings. The van der Waals surface area contributed by atoms with Crippen LogP contribution in [0.4, 0.5) is 0 Å². The minimum absolute atomic E-state index is 0.113. The maximum absolute atomic E-state index is 13.4.